The second-order valence-corrected chi connectivity index (χ2v) is 6.12. The molecule has 3 rings (SSSR count). The van der Waals surface area contributed by atoms with Gasteiger partial charge in [-0.1, -0.05) is 0 Å². The van der Waals surface area contributed by atoms with Crippen LogP contribution in [0.4, 0.5) is 4.39 Å². The van der Waals surface area contributed by atoms with Gasteiger partial charge in [0.1, 0.15) is 5.82 Å². The van der Waals surface area contributed by atoms with Crippen LogP contribution in [0.2, 0.25) is 0 Å². The number of aryl methyl sites for hydroxylation is 1. The first-order chi connectivity index (χ1) is 11.9. The Balaban J connectivity index is 2.11. The lowest BCUT2D eigenvalue weighted by atomic mass is 10.0. The molecular formula is C18H18FN3O3. The summed E-state index contributed by atoms with van der Waals surface area (Å²) >= 11 is 0. The zero-order chi connectivity index (χ0) is 18.1. The van der Waals surface area contributed by atoms with Crippen molar-refractivity contribution in [2.24, 2.45) is 0 Å². The van der Waals surface area contributed by atoms with Gasteiger partial charge < -0.3 is 10.0 Å². The average Bonchev–Trinajstić information content (AvgIpc) is 3.03. The fraction of sp³-hybridized carbons (Fsp3) is 0.333. The zero-order valence-corrected chi connectivity index (χ0v) is 14.0. The third kappa shape index (κ3) is 3.35. The number of aromatic carboxylic acids is 1. The molecule has 1 fully saturated rings. The molecule has 2 heterocycles. The van der Waals surface area contributed by atoms with Crippen LogP contribution in [-0.4, -0.2) is 38.4 Å². The molecule has 130 valence electrons. The largest absolute Gasteiger partial charge is 0.478 e. The van der Waals surface area contributed by atoms with Gasteiger partial charge in [-0.25, -0.2) is 19.2 Å². The highest BCUT2D eigenvalue weighted by Crippen LogP contribution is 2.32. The summed E-state index contributed by atoms with van der Waals surface area (Å²) in [6.07, 6.45) is 1.61. The molecule has 0 bridgehead atoms. The van der Waals surface area contributed by atoms with Crippen LogP contribution in [0.15, 0.2) is 24.3 Å². The fourth-order valence-electron chi connectivity index (χ4n) is 3.21. The molecule has 0 spiro atoms. The van der Waals surface area contributed by atoms with Crippen LogP contribution in [0.1, 0.15) is 47.7 Å². The molecule has 1 aliphatic rings. The quantitative estimate of drug-likeness (QED) is 0.926. The standard InChI is InChI=1S/C18H18FN3O3/c1-10-8-15(14-9-12(19)5-6-13(14)18(24)25)21-17(20-10)16-4-3-7-22(16)11(2)23/h5-6,8-9,16H,3-4,7H2,1-2H3,(H,24,25)/t16-/m0/s1. The lowest BCUT2D eigenvalue weighted by Gasteiger charge is -2.22. The van der Waals surface area contributed by atoms with Crippen molar-refractivity contribution in [3.05, 3.63) is 47.2 Å². The average molecular weight is 343 g/mol. The van der Waals surface area contributed by atoms with Crippen molar-refractivity contribution in [2.75, 3.05) is 6.54 Å². The SMILES string of the molecule is CC(=O)N1CCC[C@H]1c1nc(C)cc(-c2cc(F)ccc2C(=O)O)n1. The molecule has 0 radical (unpaired) electrons. The van der Waals surface area contributed by atoms with Crippen molar-refractivity contribution in [2.45, 2.75) is 32.7 Å². The van der Waals surface area contributed by atoms with Gasteiger partial charge in [0.15, 0.2) is 5.82 Å². The number of carbonyl (C=O) groups excluding carboxylic acids is 1. The van der Waals surface area contributed by atoms with E-state index in [1.807, 2.05) is 0 Å². The highest BCUT2D eigenvalue weighted by Gasteiger charge is 2.30. The molecule has 1 atom stereocenters. The van der Waals surface area contributed by atoms with E-state index >= 15 is 0 Å². The number of hydrogen-bond acceptors (Lipinski definition) is 4. The van der Waals surface area contributed by atoms with E-state index in [0.29, 0.717) is 23.8 Å². The van der Waals surface area contributed by atoms with E-state index in [0.717, 1.165) is 25.0 Å². The molecule has 0 unspecified atom stereocenters. The molecule has 1 saturated heterocycles. The first kappa shape index (κ1) is 17.0. The molecule has 1 aliphatic heterocycles. The van der Waals surface area contributed by atoms with Crippen LogP contribution in [0, 0.1) is 12.7 Å². The molecule has 0 saturated carbocycles. The summed E-state index contributed by atoms with van der Waals surface area (Å²) in [7, 11) is 0. The van der Waals surface area contributed by atoms with E-state index in [2.05, 4.69) is 9.97 Å². The monoisotopic (exact) mass is 343 g/mol. The lowest BCUT2D eigenvalue weighted by molar-refractivity contribution is -0.129. The van der Waals surface area contributed by atoms with E-state index < -0.39 is 11.8 Å². The summed E-state index contributed by atoms with van der Waals surface area (Å²) in [4.78, 5) is 33.9. The Morgan fingerprint density at radius 1 is 1.28 bits per heavy atom. The summed E-state index contributed by atoms with van der Waals surface area (Å²) in [5, 5.41) is 9.36. The third-order valence-electron chi connectivity index (χ3n) is 4.31. The Kier molecular flexibility index (Phi) is 4.48. The zero-order valence-electron chi connectivity index (χ0n) is 14.0. The summed E-state index contributed by atoms with van der Waals surface area (Å²) in [5.41, 5.74) is 1.15. The predicted octanol–water partition coefficient (Wildman–Crippen LogP) is 2.97. The van der Waals surface area contributed by atoms with Crippen LogP contribution in [0.25, 0.3) is 11.3 Å². The molecule has 1 N–H and O–H groups in total. The molecule has 7 heteroatoms. The van der Waals surface area contributed by atoms with Crippen molar-refractivity contribution in [1.82, 2.24) is 14.9 Å². The van der Waals surface area contributed by atoms with Gasteiger partial charge in [-0.05, 0) is 44.0 Å². The van der Waals surface area contributed by atoms with Gasteiger partial charge in [0, 0.05) is 24.7 Å². The number of hydrogen-bond donors (Lipinski definition) is 1. The summed E-state index contributed by atoms with van der Waals surface area (Å²) < 4.78 is 13.7. The number of nitrogens with zero attached hydrogens (tertiary/aromatic N) is 3. The predicted molar refractivity (Wildman–Crippen MR) is 88.5 cm³/mol. The Bertz CT molecular complexity index is 853. The fourth-order valence-corrected chi connectivity index (χ4v) is 3.21. The number of carbonyl (C=O) groups is 2. The van der Waals surface area contributed by atoms with Crippen LogP contribution in [-0.2, 0) is 4.79 Å². The summed E-state index contributed by atoms with van der Waals surface area (Å²) in [5.74, 6) is -1.28. The molecule has 0 aliphatic carbocycles. The molecule has 6 nitrogen and oxygen atoms in total. The normalized spacial score (nSPS) is 16.9. The topological polar surface area (TPSA) is 83.4 Å². The number of aromatic nitrogens is 2. The van der Waals surface area contributed by atoms with Crippen LogP contribution in [0.5, 0.6) is 0 Å². The van der Waals surface area contributed by atoms with E-state index in [1.165, 1.54) is 13.0 Å². The van der Waals surface area contributed by atoms with Gasteiger partial charge in [-0.3, -0.25) is 4.79 Å². The summed E-state index contributed by atoms with van der Waals surface area (Å²) in [6.45, 7) is 3.92. The second kappa shape index (κ2) is 6.58. The maximum Gasteiger partial charge on any atom is 0.336 e. The number of halogens is 1. The van der Waals surface area contributed by atoms with Gasteiger partial charge in [0.25, 0.3) is 0 Å². The van der Waals surface area contributed by atoms with Crippen LogP contribution in [0.3, 0.4) is 0 Å². The Morgan fingerprint density at radius 3 is 2.72 bits per heavy atom. The number of carboxylic acid groups (broad SMARTS) is 1. The Labute approximate surface area is 144 Å². The van der Waals surface area contributed by atoms with Crippen molar-refractivity contribution in [3.63, 3.8) is 0 Å². The number of rotatable bonds is 3. The Morgan fingerprint density at radius 2 is 2.04 bits per heavy atom. The highest BCUT2D eigenvalue weighted by atomic mass is 19.1. The van der Waals surface area contributed by atoms with Gasteiger partial charge in [-0.15, -0.1) is 0 Å². The van der Waals surface area contributed by atoms with Crippen LogP contribution < -0.4 is 0 Å². The number of likely N-dealkylation sites (tertiary alicyclic amines) is 1. The third-order valence-corrected chi connectivity index (χ3v) is 4.31. The number of benzene rings is 1. The molecule has 1 aromatic heterocycles. The summed E-state index contributed by atoms with van der Waals surface area (Å²) in [6, 6.07) is 4.88. The van der Waals surface area contributed by atoms with E-state index in [1.54, 1.807) is 17.9 Å². The lowest BCUT2D eigenvalue weighted by Crippen LogP contribution is -2.29. The minimum absolute atomic E-state index is 0.0275. The smallest absolute Gasteiger partial charge is 0.336 e. The molecule has 1 aromatic carbocycles. The highest BCUT2D eigenvalue weighted by molar-refractivity contribution is 5.95. The molecule has 2 aromatic rings. The van der Waals surface area contributed by atoms with Crippen molar-refractivity contribution < 1.29 is 19.1 Å². The number of amides is 1. The van der Waals surface area contributed by atoms with E-state index in [4.69, 9.17) is 0 Å². The molecular weight excluding hydrogens is 325 g/mol. The maximum atomic E-state index is 13.7. The first-order valence-electron chi connectivity index (χ1n) is 8.03. The van der Waals surface area contributed by atoms with E-state index in [9.17, 15) is 19.1 Å². The molecule has 1 amide bonds. The molecule has 25 heavy (non-hydrogen) atoms. The van der Waals surface area contributed by atoms with Gasteiger partial charge >= 0.3 is 5.97 Å². The van der Waals surface area contributed by atoms with Crippen LogP contribution >= 0.6 is 0 Å². The van der Waals surface area contributed by atoms with E-state index in [-0.39, 0.29) is 23.1 Å². The van der Waals surface area contributed by atoms with Crippen molar-refractivity contribution >= 4 is 11.9 Å². The second-order valence-electron chi connectivity index (χ2n) is 6.12. The first-order valence-corrected chi connectivity index (χ1v) is 8.03. The minimum atomic E-state index is -1.15. The maximum absolute atomic E-state index is 13.7. The van der Waals surface area contributed by atoms with Crippen molar-refractivity contribution in [3.8, 4) is 11.3 Å². The minimum Gasteiger partial charge on any atom is -0.478 e. The van der Waals surface area contributed by atoms with Gasteiger partial charge in [-0.2, -0.15) is 0 Å². The van der Waals surface area contributed by atoms with Crippen molar-refractivity contribution in [1.29, 1.82) is 0 Å². The van der Waals surface area contributed by atoms with Gasteiger partial charge in [0.2, 0.25) is 5.91 Å². The van der Waals surface area contributed by atoms with Gasteiger partial charge in [0.05, 0.1) is 17.3 Å². The number of carboxylic acids is 1. The Hall–Kier alpha value is -2.83.